The average molecular weight is 381 g/mol. The Bertz CT molecular complexity index is 966. The summed E-state index contributed by atoms with van der Waals surface area (Å²) in [4.78, 5) is 13.2. The number of nitrogens with zero attached hydrogens (tertiary/aromatic N) is 4. The van der Waals surface area contributed by atoms with E-state index in [0.29, 0.717) is 22.7 Å². The first-order valence-electron chi connectivity index (χ1n) is 6.60. The Morgan fingerprint density at radius 3 is 2.82 bits per heavy atom. The van der Waals surface area contributed by atoms with Crippen molar-refractivity contribution in [1.82, 2.24) is 19.5 Å². The number of aryl methyl sites for hydroxylation is 1. The Kier molecular flexibility index (Phi) is 3.73. The van der Waals surface area contributed by atoms with Crippen LogP contribution in [0.25, 0.3) is 22.7 Å². The normalized spacial score (nSPS) is 12.0. The summed E-state index contributed by atoms with van der Waals surface area (Å²) in [5.41, 5.74) is 1.70. The van der Waals surface area contributed by atoms with Gasteiger partial charge in [-0.05, 0) is 34.1 Å². The zero-order chi connectivity index (χ0) is 15.9. The van der Waals surface area contributed by atoms with Crippen LogP contribution in [0.3, 0.4) is 0 Å². The van der Waals surface area contributed by atoms with E-state index in [1.807, 2.05) is 6.07 Å². The molecular formula is C14H13BrN4O2S. The molecule has 114 valence electrons. The third-order valence-electron chi connectivity index (χ3n) is 3.37. The largest absolute Gasteiger partial charge is 0.310 e. The maximum atomic E-state index is 12.3. The highest BCUT2D eigenvalue weighted by Crippen LogP contribution is 2.28. The van der Waals surface area contributed by atoms with Gasteiger partial charge in [-0.25, -0.2) is 18.4 Å². The second-order valence-electron chi connectivity index (χ2n) is 4.74. The number of sulfone groups is 1. The lowest BCUT2D eigenvalue weighted by Crippen LogP contribution is -2.08. The fraction of sp³-hybridized carbons (Fsp3) is 0.214. The smallest absolute Gasteiger partial charge is 0.180 e. The summed E-state index contributed by atoms with van der Waals surface area (Å²) in [5.74, 6) is 0.493. The van der Waals surface area contributed by atoms with Crippen LogP contribution >= 0.6 is 15.9 Å². The monoisotopic (exact) mass is 380 g/mol. The van der Waals surface area contributed by atoms with Crippen molar-refractivity contribution in [2.75, 3.05) is 5.75 Å². The van der Waals surface area contributed by atoms with Crippen molar-refractivity contribution in [2.45, 2.75) is 11.8 Å². The molecule has 0 aliphatic carbocycles. The first kappa shape index (κ1) is 15.1. The maximum absolute atomic E-state index is 12.3. The van der Waals surface area contributed by atoms with Crippen LogP contribution in [0.2, 0.25) is 0 Å². The summed E-state index contributed by atoms with van der Waals surface area (Å²) >= 11 is 3.36. The number of fused-ring (bicyclic) bond motifs is 1. The zero-order valence-corrected chi connectivity index (χ0v) is 14.4. The zero-order valence-electron chi connectivity index (χ0n) is 12.0. The van der Waals surface area contributed by atoms with Gasteiger partial charge in [-0.15, -0.1) is 0 Å². The van der Waals surface area contributed by atoms with Crippen molar-refractivity contribution < 1.29 is 8.42 Å². The molecule has 0 aromatic carbocycles. The van der Waals surface area contributed by atoms with Gasteiger partial charge >= 0.3 is 0 Å². The topological polar surface area (TPSA) is 77.7 Å². The molecule has 0 saturated heterocycles. The molecule has 3 rings (SSSR count). The predicted octanol–water partition coefficient (Wildman–Crippen LogP) is 2.59. The van der Waals surface area contributed by atoms with Crippen LogP contribution in [0.15, 0.2) is 40.0 Å². The van der Waals surface area contributed by atoms with E-state index in [-0.39, 0.29) is 10.6 Å². The number of pyridine rings is 2. The Hall–Kier alpha value is -1.80. The summed E-state index contributed by atoms with van der Waals surface area (Å²) in [6, 6.07) is 5.01. The summed E-state index contributed by atoms with van der Waals surface area (Å²) in [6.45, 7) is 1.61. The first-order chi connectivity index (χ1) is 10.4. The molecule has 0 radical (unpaired) electrons. The molecule has 0 spiro atoms. The molecule has 0 amide bonds. The van der Waals surface area contributed by atoms with E-state index in [1.54, 1.807) is 43.1 Å². The highest BCUT2D eigenvalue weighted by molar-refractivity contribution is 9.10. The molecule has 22 heavy (non-hydrogen) atoms. The second-order valence-corrected chi connectivity index (χ2v) is 7.91. The van der Waals surface area contributed by atoms with Crippen molar-refractivity contribution in [1.29, 1.82) is 0 Å². The Morgan fingerprint density at radius 2 is 2.09 bits per heavy atom. The van der Waals surface area contributed by atoms with Crippen molar-refractivity contribution in [2.24, 2.45) is 7.05 Å². The van der Waals surface area contributed by atoms with Gasteiger partial charge in [0.25, 0.3) is 0 Å². The van der Waals surface area contributed by atoms with Crippen LogP contribution in [0.4, 0.5) is 0 Å². The summed E-state index contributed by atoms with van der Waals surface area (Å²) in [7, 11) is -1.59. The summed E-state index contributed by atoms with van der Waals surface area (Å²) in [5, 5.41) is 0. The Balaban J connectivity index is 2.31. The number of imidazole rings is 1. The van der Waals surface area contributed by atoms with Crippen LogP contribution in [0, 0.1) is 0 Å². The molecular weight excluding hydrogens is 368 g/mol. The van der Waals surface area contributed by atoms with Crippen LogP contribution < -0.4 is 0 Å². The highest BCUT2D eigenvalue weighted by Gasteiger charge is 2.22. The number of aromatic nitrogens is 4. The van der Waals surface area contributed by atoms with E-state index >= 15 is 0 Å². The summed E-state index contributed by atoms with van der Waals surface area (Å²) in [6.07, 6.45) is 3.24. The number of hydrogen-bond donors (Lipinski definition) is 0. The Labute approximate surface area is 136 Å². The number of rotatable bonds is 3. The van der Waals surface area contributed by atoms with Gasteiger partial charge in [-0.1, -0.05) is 6.92 Å². The van der Waals surface area contributed by atoms with Gasteiger partial charge in [0.15, 0.2) is 21.3 Å². The molecule has 3 heterocycles. The van der Waals surface area contributed by atoms with Gasteiger partial charge in [-0.2, -0.15) is 0 Å². The van der Waals surface area contributed by atoms with E-state index in [2.05, 4.69) is 30.9 Å². The highest BCUT2D eigenvalue weighted by atomic mass is 79.9. The minimum Gasteiger partial charge on any atom is -0.310 e. The average Bonchev–Trinajstić information content (AvgIpc) is 2.83. The van der Waals surface area contributed by atoms with Crippen molar-refractivity contribution in [3.8, 4) is 11.5 Å². The van der Waals surface area contributed by atoms with Gasteiger partial charge in [-0.3, -0.25) is 4.98 Å². The van der Waals surface area contributed by atoms with Gasteiger partial charge in [0.05, 0.1) is 10.6 Å². The molecule has 3 aromatic heterocycles. The van der Waals surface area contributed by atoms with Crippen molar-refractivity contribution in [3.05, 3.63) is 35.1 Å². The standard InChI is InChI=1S/C14H13BrN4O2S/c1-3-22(20,21)11-5-4-6-16-12(11)14-18-10-7-9(15)8-17-13(10)19(14)2/h4-8H,3H2,1-2H3. The fourth-order valence-electron chi connectivity index (χ4n) is 2.23. The van der Waals surface area contributed by atoms with E-state index in [1.165, 1.54) is 0 Å². The third-order valence-corrected chi connectivity index (χ3v) is 5.57. The fourth-order valence-corrected chi connectivity index (χ4v) is 3.58. The molecule has 6 nitrogen and oxygen atoms in total. The molecule has 0 aliphatic heterocycles. The summed E-state index contributed by atoms with van der Waals surface area (Å²) < 4.78 is 27.1. The SMILES string of the molecule is CCS(=O)(=O)c1cccnc1-c1nc2cc(Br)cnc2n1C. The predicted molar refractivity (Wildman–Crippen MR) is 87.2 cm³/mol. The lowest BCUT2D eigenvalue weighted by Gasteiger charge is -2.07. The molecule has 0 fully saturated rings. The number of halogens is 1. The maximum Gasteiger partial charge on any atom is 0.180 e. The van der Waals surface area contributed by atoms with Gasteiger partial charge in [0.1, 0.15) is 11.2 Å². The molecule has 0 N–H and O–H groups in total. The lowest BCUT2D eigenvalue weighted by atomic mass is 10.3. The molecule has 8 heteroatoms. The number of hydrogen-bond acceptors (Lipinski definition) is 5. The van der Waals surface area contributed by atoms with E-state index in [9.17, 15) is 8.42 Å². The van der Waals surface area contributed by atoms with Gasteiger partial charge in [0, 0.05) is 23.9 Å². The van der Waals surface area contributed by atoms with Gasteiger partial charge in [0.2, 0.25) is 0 Å². The minimum atomic E-state index is -3.38. The molecule has 3 aromatic rings. The molecule has 0 unspecified atom stereocenters. The molecule has 0 bridgehead atoms. The molecule has 0 aliphatic rings. The minimum absolute atomic E-state index is 0.0133. The van der Waals surface area contributed by atoms with Crippen LogP contribution in [-0.4, -0.2) is 33.7 Å². The van der Waals surface area contributed by atoms with Crippen LogP contribution in [0.1, 0.15) is 6.92 Å². The quantitative estimate of drug-likeness (QED) is 0.697. The van der Waals surface area contributed by atoms with E-state index in [4.69, 9.17) is 0 Å². The Morgan fingerprint density at radius 1 is 1.32 bits per heavy atom. The van der Waals surface area contributed by atoms with Gasteiger partial charge < -0.3 is 4.57 Å². The first-order valence-corrected chi connectivity index (χ1v) is 9.04. The second kappa shape index (κ2) is 5.44. The van der Waals surface area contributed by atoms with Crippen LogP contribution in [0.5, 0.6) is 0 Å². The molecule has 0 saturated carbocycles. The van der Waals surface area contributed by atoms with Crippen molar-refractivity contribution in [3.63, 3.8) is 0 Å². The van der Waals surface area contributed by atoms with E-state index < -0.39 is 9.84 Å². The third kappa shape index (κ3) is 2.42. The lowest BCUT2D eigenvalue weighted by molar-refractivity contribution is 0.597. The van der Waals surface area contributed by atoms with E-state index in [0.717, 1.165) is 4.47 Å². The van der Waals surface area contributed by atoms with Crippen LogP contribution in [-0.2, 0) is 16.9 Å². The van der Waals surface area contributed by atoms with Crippen molar-refractivity contribution >= 4 is 36.9 Å². The molecule has 0 atom stereocenters.